The Kier molecular flexibility index (Phi) is 5.14. The van der Waals surface area contributed by atoms with Crippen LogP contribution in [0.15, 0.2) is 52.2 Å². The van der Waals surface area contributed by atoms with Gasteiger partial charge in [0.15, 0.2) is 5.78 Å². The number of hydrogen-bond acceptors (Lipinski definition) is 5. The summed E-state index contributed by atoms with van der Waals surface area (Å²) in [5.74, 6) is 0.00992. The largest absolute Gasteiger partial charge is 0.496 e. The Morgan fingerprint density at radius 1 is 1.07 bits per heavy atom. The van der Waals surface area contributed by atoms with Crippen molar-refractivity contribution in [2.45, 2.75) is 4.90 Å². The van der Waals surface area contributed by atoms with Crippen molar-refractivity contribution in [1.29, 1.82) is 0 Å². The van der Waals surface area contributed by atoms with E-state index in [4.69, 9.17) is 4.74 Å². The van der Waals surface area contributed by atoms with Gasteiger partial charge in [-0.1, -0.05) is 12.1 Å². The van der Waals surface area contributed by atoms with E-state index < -0.39 is 10.0 Å². The third kappa shape index (κ3) is 3.23. The number of aryl methyl sites for hydroxylation is 2. The van der Waals surface area contributed by atoms with E-state index in [1.807, 2.05) is 0 Å². The first-order chi connectivity index (χ1) is 13.2. The van der Waals surface area contributed by atoms with E-state index in [-0.39, 0.29) is 22.9 Å². The fourth-order valence-electron chi connectivity index (χ4n) is 3.07. The van der Waals surface area contributed by atoms with Gasteiger partial charge in [0.05, 0.1) is 35.1 Å². The van der Waals surface area contributed by atoms with Crippen molar-refractivity contribution in [2.24, 2.45) is 14.1 Å². The molecule has 9 heteroatoms. The number of para-hydroxylation sites is 1. The molecule has 2 aromatic carbocycles. The van der Waals surface area contributed by atoms with Gasteiger partial charge in [0, 0.05) is 21.1 Å². The minimum absolute atomic E-state index is 0.0107. The molecule has 0 radical (unpaired) electrons. The van der Waals surface area contributed by atoms with Crippen LogP contribution in [0.3, 0.4) is 0 Å². The maximum Gasteiger partial charge on any atom is 0.328 e. The molecule has 0 bridgehead atoms. The number of ether oxygens (including phenoxy) is 1. The molecule has 8 nitrogen and oxygen atoms in total. The van der Waals surface area contributed by atoms with Crippen LogP contribution in [0.25, 0.3) is 11.0 Å². The third-order valence-corrected chi connectivity index (χ3v) is 6.52. The van der Waals surface area contributed by atoms with Crippen molar-refractivity contribution in [2.75, 3.05) is 20.7 Å². The fourth-order valence-corrected chi connectivity index (χ4v) is 4.22. The number of carbonyl (C=O) groups is 1. The zero-order chi connectivity index (χ0) is 20.6. The molecule has 148 valence electrons. The summed E-state index contributed by atoms with van der Waals surface area (Å²) in [6.45, 7) is -0.339. The minimum Gasteiger partial charge on any atom is -0.496 e. The van der Waals surface area contributed by atoms with E-state index in [0.29, 0.717) is 22.3 Å². The summed E-state index contributed by atoms with van der Waals surface area (Å²) < 4.78 is 34.9. The molecule has 0 aliphatic rings. The summed E-state index contributed by atoms with van der Waals surface area (Å²) in [7, 11) is 2.07. The lowest BCUT2D eigenvalue weighted by atomic mass is 10.1. The van der Waals surface area contributed by atoms with Crippen molar-refractivity contribution in [1.82, 2.24) is 13.4 Å². The molecule has 1 aromatic heterocycles. The Bertz CT molecular complexity index is 1220. The number of ketones is 1. The first-order valence-electron chi connectivity index (χ1n) is 8.46. The summed E-state index contributed by atoms with van der Waals surface area (Å²) >= 11 is 0. The Hall–Kier alpha value is -2.91. The maximum absolute atomic E-state index is 12.9. The van der Waals surface area contributed by atoms with Crippen LogP contribution in [0.1, 0.15) is 10.4 Å². The number of carbonyl (C=O) groups excluding carboxylic acids is 1. The molecule has 0 aliphatic heterocycles. The van der Waals surface area contributed by atoms with Crippen LogP contribution in [-0.4, -0.2) is 48.3 Å². The van der Waals surface area contributed by atoms with E-state index in [9.17, 15) is 18.0 Å². The van der Waals surface area contributed by atoms with E-state index in [1.165, 1.54) is 35.4 Å². The molecule has 0 unspecified atom stereocenters. The van der Waals surface area contributed by atoms with Gasteiger partial charge in [-0.05, 0) is 30.3 Å². The molecule has 28 heavy (non-hydrogen) atoms. The quantitative estimate of drug-likeness (QED) is 0.580. The van der Waals surface area contributed by atoms with Gasteiger partial charge in [-0.2, -0.15) is 4.31 Å². The topological polar surface area (TPSA) is 90.6 Å². The predicted molar refractivity (Wildman–Crippen MR) is 105 cm³/mol. The predicted octanol–water partition coefficient (Wildman–Crippen LogP) is 1.39. The lowest BCUT2D eigenvalue weighted by Gasteiger charge is -2.17. The fraction of sp³-hybridized carbons (Fsp3) is 0.263. The van der Waals surface area contributed by atoms with Crippen LogP contribution < -0.4 is 10.4 Å². The van der Waals surface area contributed by atoms with Gasteiger partial charge in [0.1, 0.15) is 5.75 Å². The van der Waals surface area contributed by atoms with Crippen LogP contribution in [0.5, 0.6) is 5.75 Å². The van der Waals surface area contributed by atoms with Crippen molar-refractivity contribution in [3.63, 3.8) is 0 Å². The minimum atomic E-state index is -3.93. The number of rotatable bonds is 6. The van der Waals surface area contributed by atoms with E-state index in [2.05, 4.69) is 0 Å². The zero-order valence-electron chi connectivity index (χ0n) is 16.0. The summed E-state index contributed by atoms with van der Waals surface area (Å²) in [6, 6.07) is 11.1. The Morgan fingerprint density at radius 3 is 2.39 bits per heavy atom. The molecule has 0 aliphatic carbocycles. The van der Waals surface area contributed by atoms with Gasteiger partial charge in [-0.3, -0.25) is 13.9 Å². The second-order valence-electron chi connectivity index (χ2n) is 6.44. The van der Waals surface area contributed by atoms with Crippen LogP contribution in [0.2, 0.25) is 0 Å². The molecule has 0 saturated heterocycles. The molecule has 3 rings (SSSR count). The van der Waals surface area contributed by atoms with Gasteiger partial charge >= 0.3 is 5.69 Å². The summed E-state index contributed by atoms with van der Waals surface area (Å²) in [6.07, 6.45) is 0. The Labute approximate surface area is 162 Å². The number of methoxy groups -OCH3 is 1. The first kappa shape index (κ1) is 19.8. The van der Waals surface area contributed by atoms with Gasteiger partial charge in [-0.15, -0.1) is 0 Å². The lowest BCUT2D eigenvalue weighted by molar-refractivity contribution is 0.0970. The smallest absolute Gasteiger partial charge is 0.328 e. The molecular weight excluding hydrogens is 382 g/mol. The molecule has 0 atom stereocenters. The average molecular weight is 403 g/mol. The second kappa shape index (κ2) is 7.25. The van der Waals surface area contributed by atoms with E-state index >= 15 is 0 Å². The van der Waals surface area contributed by atoms with Gasteiger partial charge in [-0.25, -0.2) is 13.2 Å². The monoisotopic (exact) mass is 403 g/mol. The van der Waals surface area contributed by atoms with Crippen molar-refractivity contribution < 1.29 is 17.9 Å². The van der Waals surface area contributed by atoms with Crippen molar-refractivity contribution in [3.8, 4) is 5.75 Å². The highest BCUT2D eigenvalue weighted by atomic mass is 32.2. The molecule has 0 saturated carbocycles. The third-order valence-electron chi connectivity index (χ3n) is 4.73. The first-order valence-corrected chi connectivity index (χ1v) is 9.90. The molecule has 0 fully saturated rings. The molecule has 3 aromatic rings. The standard InChI is InChI=1S/C19H21N3O5S/c1-20(12-17(23)14-7-5-6-8-18(14)27-4)28(25,26)13-9-10-15-16(11-13)22(3)19(24)21(15)2/h5-11H,12H2,1-4H3. The second-order valence-corrected chi connectivity index (χ2v) is 8.48. The SMILES string of the molecule is COc1ccccc1C(=O)CN(C)S(=O)(=O)c1ccc2c(c1)n(C)c(=O)n2C. The summed E-state index contributed by atoms with van der Waals surface area (Å²) in [5, 5.41) is 0. The number of benzene rings is 2. The van der Waals surface area contributed by atoms with Gasteiger partial charge < -0.3 is 4.74 Å². The number of likely N-dealkylation sites (N-methyl/N-ethyl adjacent to an activating group) is 1. The summed E-state index contributed by atoms with van der Waals surface area (Å²) in [5.41, 5.74) is 1.19. The van der Waals surface area contributed by atoms with Crippen LogP contribution >= 0.6 is 0 Å². The Morgan fingerprint density at radius 2 is 1.71 bits per heavy atom. The van der Waals surface area contributed by atoms with Gasteiger partial charge in [0.2, 0.25) is 10.0 Å². The highest BCUT2D eigenvalue weighted by Crippen LogP contribution is 2.22. The average Bonchev–Trinajstić information content (AvgIpc) is 2.91. The zero-order valence-corrected chi connectivity index (χ0v) is 16.9. The van der Waals surface area contributed by atoms with E-state index in [0.717, 1.165) is 4.31 Å². The van der Waals surface area contributed by atoms with Crippen molar-refractivity contribution >= 4 is 26.8 Å². The number of aromatic nitrogens is 2. The van der Waals surface area contributed by atoms with Crippen molar-refractivity contribution in [3.05, 3.63) is 58.5 Å². The van der Waals surface area contributed by atoms with Gasteiger partial charge in [0.25, 0.3) is 0 Å². The van der Waals surface area contributed by atoms with Crippen LogP contribution in [-0.2, 0) is 24.1 Å². The maximum atomic E-state index is 12.9. The van der Waals surface area contributed by atoms with Crippen LogP contribution in [0, 0.1) is 0 Å². The molecule has 0 amide bonds. The number of fused-ring (bicyclic) bond motifs is 1. The lowest BCUT2D eigenvalue weighted by Crippen LogP contribution is -2.32. The molecule has 0 N–H and O–H groups in total. The van der Waals surface area contributed by atoms with E-state index in [1.54, 1.807) is 44.4 Å². The highest BCUT2D eigenvalue weighted by molar-refractivity contribution is 7.89. The number of Topliss-reactive ketones (excluding diaryl/α,β-unsaturated/α-hetero) is 1. The number of hydrogen-bond donors (Lipinski definition) is 0. The molecule has 0 spiro atoms. The Balaban J connectivity index is 1.94. The molecule has 1 heterocycles. The summed E-state index contributed by atoms with van der Waals surface area (Å²) in [4.78, 5) is 24.7. The number of sulfonamides is 1. The molecular formula is C19H21N3O5S. The number of nitrogens with zero attached hydrogens (tertiary/aromatic N) is 3. The highest BCUT2D eigenvalue weighted by Gasteiger charge is 2.25. The number of imidazole rings is 1. The normalized spacial score (nSPS) is 11.9. The van der Waals surface area contributed by atoms with Crippen LogP contribution in [0.4, 0.5) is 0 Å².